The van der Waals surface area contributed by atoms with Gasteiger partial charge in [-0.25, -0.2) is 4.79 Å². The van der Waals surface area contributed by atoms with Gasteiger partial charge >= 0.3 is 5.63 Å². The number of anilines is 3. The molecule has 3 aromatic rings. The molecule has 32 heavy (non-hydrogen) atoms. The summed E-state index contributed by atoms with van der Waals surface area (Å²) in [5.74, 6) is 1.13. The molecule has 0 bridgehead atoms. The monoisotopic (exact) mass is 435 g/mol. The molecule has 1 amide bonds. The molecule has 0 radical (unpaired) electrons. The second-order valence-electron chi connectivity index (χ2n) is 8.42. The molecule has 1 atom stereocenters. The Labute approximate surface area is 187 Å². The minimum Gasteiger partial charge on any atom is -0.495 e. The topological polar surface area (TPSA) is 75.0 Å². The summed E-state index contributed by atoms with van der Waals surface area (Å²) in [4.78, 5) is 28.9. The van der Waals surface area contributed by atoms with Crippen LogP contribution in [-0.4, -0.2) is 44.6 Å². The highest BCUT2D eigenvalue weighted by Crippen LogP contribution is 2.34. The van der Waals surface area contributed by atoms with E-state index in [1.807, 2.05) is 48.3 Å². The van der Waals surface area contributed by atoms with E-state index in [1.165, 1.54) is 12.5 Å². The highest BCUT2D eigenvalue weighted by atomic mass is 16.5. The van der Waals surface area contributed by atoms with Crippen LogP contribution >= 0.6 is 0 Å². The molecule has 7 nitrogen and oxygen atoms in total. The summed E-state index contributed by atoms with van der Waals surface area (Å²) in [7, 11) is 3.46. The minimum absolute atomic E-state index is 0.0667. The van der Waals surface area contributed by atoms with Gasteiger partial charge in [0.1, 0.15) is 11.3 Å². The van der Waals surface area contributed by atoms with E-state index in [9.17, 15) is 9.59 Å². The number of nitrogens with zero attached hydrogens (tertiary/aromatic N) is 2. The molecule has 1 aliphatic rings. The van der Waals surface area contributed by atoms with E-state index >= 15 is 0 Å². The molecule has 0 aliphatic carbocycles. The average molecular weight is 436 g/mol. The Hall–Kier alpha value is -3.32. The first-order chi connectivity index (χ1) is 15.4. The maximum Gasteiger partial charge on any atom is 0.338 e. The first-order valence-corrected chi connectivity index (χ1v) is 10.9. The zero-order valence-corrected chi connectivity index (χ0v) is 18.8. The van der Waals surface area contributed by atoms with Gasteiger partial charge in [0.05, 0.1) is 25.0 Å². The molecule has 1 aromatic heterocycles. The first kappa shape index (κ1) is 21.9. The first-order valence-electron chi connectivity index (χ1n) is 10.9. The molecule has 2 aromatic carbocycles. The van der Waals surface area contributed by atoms with Crippen molar-refractivity contribution >= 4 is 33.9 Å². The van der Waals surface area contributed by atoms with E-state index in [4.69, 9.17) is 9.15 Å². The number of benzene rings is 2. The Balaban J connectivity index is 1.59. The van der Waals surface area contributed by atoms with Crippen LogP contribution in [0.3, 0.4) is 0 Å². The van der Waals surface area contributed by atoms with Gasteiger partial charge in [0.2, 0.25) is 5.91 Å². The van der Waals surface area contributed by atoms with Gasteiger partial charge in [-0.3, -0.25) is 9.69 Å². The van der Waals surface area contributed by atoms with Crippen molar-refractivity contribution in [1.82, 2.24) is 4.90 Å². The Morgan fingerprint density at radius 1 is 1.25 bits per heavy atom. The molecule has 2 heterocycles. The molecule has 1 fully saturated rings. The molecule has 1 unspecified atom stereocenters. The fraction of sp³-hybridized carbons (Fsp3) is 0.360. The predicted octanol–water partition coefficient (Wildman–Crippen LogP) is 4.24. The summed E-state index contributed by atoms with van der Waals surface area (Å²) in [6.07, 6.45) is 2.34. The molecule has 1 saturated heterocycles. The van der Waals surface area contributed by atoms with Crippen molar-refractivity contribution in [2.75, 3.05) is 44.0 Å². The average Bonchev–Trinajstić information content (AvgIpc) is 2.78. The number of piperidine rings is 1. The Morgan fingerprint density at radius 2 is 2.06 bits per heavy atom. The standard InChI is InChI=1S/C25H29N3O4/c1-17-7-6-12-28(15-17)16-24(29)26-20-13-18(10-11-23(20)31-3)27(2)21-14-25(30)32-22-9-5-4-8-19(21)22/h4-5,8-11,13-14,17H,6-7,12,15-16H2,1-3H3,(H,26,29). The number of carbonyl (C=O) groups is 1. The van der Waals surface area contributed by atoms with Crippen molar-refractivity contribution in [2.24, 2.45) is 5.92 Å². The van der Waals surface area contributed by atoms with Crippen LogP contribution in [0.4, 0.5) is 17.1 Å². The van der Waals surface area contributed by atoms with Gasteiger partial charge in [-0.15, -0.1) is 0 Å². The summed E-state index contributed by atoms with van der Waals surface area (Å²) in [6.45, 7) is 4.47. The number of ether oxygens (including phenoxy) is 1. The number of methoxy groups -OCH3 is 1. The molecule has 0 spiro atoms. The van der Waals surface area contributed by atoms with E-state index < -0.39 is 5.63 Å². The normalized spacial score (nSPS) is 16.7. The molecular formula is C25H29N3O4. The summed E-state index contributed by atoms with van der Waals surface area (Å²) < 4.78 is 10.8. The van der Waals surface area contributed by atoms with Crippen molar-refractivity contribution in [3.05, 3.63) is 59.0 Å². The quantitative estimate of drug-likeness (QED) is 0.584. The number of hydrogen-bond acceptors (Lipinski definition) is 6. The Bertz CT molecular complexity index is 1170. The van der Waals surface area contributed by atoms with E-state index in [1.54, 1.807) is 13.2 Å². The van der Waals surface area contributed by atoms with Crippen LogP contribution in [0.25, 0.3) is 11.0 Å². The minimum atomic E-state index is -0.414. The summed E-state index contributed by atoms with van der Waals surface area (Å²) in [5, 5.41) is 3.84. The van der Waals surface area contributed by atoms with Crippen LogP contribution in [0.2, 0.25) is 0 Å². The van der Waals surface area contributed by atoms with E-state index in [2.05, 4.69) is 17.1 Å². The van der Waals surface area contributed by atoms with Crippen LogP contribution in [0.15, 0.2) is 57.7 Å². The van der Waals surface area contributed by atoms with Gasteiger partial charge in [0.25, 0.3) is 0 Å². The zero-order valence-electron chi connectivity index (χ0n) is 18.8. The van der Waals surface area contributed by atoms with Gasteiger partial charge in [0.15, 0.2) is 0 Å². The van der Waals surface area contributed by atoms with Crippen molar-refractivity contribution < 1.29 is 13.9 Å². The maximum atomic E-state index is 12.8. The lowest BCUT2D eigenvalue weighted by molar-refractivity contribution is -0.117. The Kier molecular flexibility index (Phi) is 6.46. The van der Waals surface area contributed by atoms with Crippen molar-refractivity contribution in [1.29, 1.82) is 0 Å². The molecule has 168 valence electrons. The second kappa shape index (κ2) is 9.44. The van der Waals surface area contributed by atoms with Crippen molar-refractivity contribution in [2.45, 2.75) is 19.8 Å². The summed E-state index contributed by atoms with van der Waals surface area (Å²) in [6, 6.07) is 14.5. The number of amides is 1. The van der Waals surface area contributed by atoms with E-state index in [0.717, 1.165) is 36.3 Å². The molecule has 1 N–H and O–H groups in total. The van der Waals surface area contributed by atoms with E-state index in [-0.39, 0.29) is 5.91 Å². The van der Waals surface area contributed by atoms with Gasteiger partial charge in [-0.2, -0.15) is 0 Å². The fourth-order valence-electron chi connectivity index (χ4n) is 4.34. The highest BCUT2D eigenvalue weighted by molar-refractivity contribution is 5.96. The molecule has 1 aliphatic heterocycles. The predicted molar refractivity (Wildman–Crippen MR) is 127 cm³/mol. The number of para-hydroxylation sites is 1. The summed E-state index contributed by atoms with van der Waals surface area (Å²) >= 11 is 0. The van der Waals surface area contributed by atoms with Gasteiger partial charge in [0, 0.05) is 30.7 Å². The van der Waals surface area contributed by atoms with Gasteiger partial charge in [-0.1, -0.05) is 19.1 Å². The highest BCUT2D eigenvalue weighted by Gasteiger charge is 2.20. The summed E-state index contributed by atoms with van der Waals surface area (Å²) in [5.41, 5.74) is 2.24. The third kappa shape index (κ3) is 4.78. The number of fused-ring (bicyclic) bond motifs is 1. The number of rotatable bonds is 6. The molecule has 4 rings (SSSR count). The number of likely N-dealkylation sites (tertiary alicyclic amines) is 1. The maximum absolute atomic E-state index is 12.8. The third-order valence-electron chi connectivity index (χ3n) is 5.94. The second-order valence-corrected chi connectivity index (χ2v) is 8.42. The van der Waals surface area contributed by atoms with Crippen molar-refractivity contribution in [3.8, 4) is 5.75 Å². The number of nitrogens with one attached hydrogen (secondary N) is 1. The third-order valence-corrected chi connectivity index (χ3v) is 5.94. The van der Waals surface area contributed by atoms with Gasteiger partial charge < -0.3 is 19.4 Å². The van der Waals surface area contributed by atoms with Crippen LogP contribution in [0, 0.1) is 5.92 Å². The molecule has 0 saturated carbocycles. The fourth-order valence-corrected chi connectivity index (χ4v) is 4.34. The lowest BCUT2D eigenvalue weighted by Crippen LogP contribution is -2.39. The van der Waals surface area contributed by atoms with Crippen LogP contribution in [0.5, 0.6) is 5.75 Å². The van der Waals surface area contributed by atoms with Crippen LogP contribution < -0.4 is 20.6 Å². The Morgan fingerprint density at radius 3 is 2.84 bits per heavy atom. The smallest absolute Gasteiger partial charge is 0.338 e. The number of carbonyl (C=O) groups excluding carboxylic acids is 1. The molecular weight excluding hydrogens is 406 g/mol. The molecule has 7 heteroatoms. The van der Waals surface area contributed by atoms with Crippen molar-refractivity contribution in [3.63, 3.8) is 0 Å². The van der Waals surface area contributed by atoms with Crippen LogP contribution in [0.1, 0.15) is 19.8 Å². The zero-order chi connectivity index (χ0) is 22.7. The SMILES string of the molecule is COc1ccc(N(C)c2cc(=O)oc3ccccc23)cc1NC(=O)CN1CCCC(C)C1. The van der Waals surface area contributed by atoms with E-state index in [0.29, 0.717) is 29.5 Å². The lowest BCUT2D eigenvalue weighted by Gasteiger charge is -2.30. The number of hydrogen-bond donors (Lipinski definition) is 1. The van der Waals surface area contributed by atoms with Gasteiger partial charge in [-0.05, 0) is 55.6 Å². The largest absolute Gasteiger partial charge is 0.495 e. The van der Waals surface area contributed by atoms with Crippen LogP contribution in [-0.2, 0) is 4.79 Å². The lowest BCUT2D eigenvalue weighted by atomic mass is 10.0.